The quantitative estimate of drug-likeness (QED) is 0.522. The normalized spacial score (nSPS) is 14.5. The zero-order chi connectivity index (χ0) is 15.2. The number of fused-ring (bicyclic) bond motifs is 1. The fourth-order valence-corrected chi connectivity index (χ4v) is 3.94. The first-order chi connectivity index (χ1) is 10.2. The second-order valence-corrected chi connectivity index (χ2v) is 6.82. The second-order valence-electron chi connectivity index (χ2n) is 5.70. The average molecular weight is 308 g/mol. The molecule has 4 heteroatoms. The smallest absolute Gasteiger partial charge is 0.124 e. The molecule has 2 rings (SSSR count). The van der Waals surface area contributed by atoms with Crippen LogP contribution < -0.4 is 11.3 Å². The summed E-state index contributed by atoms with van der Waals surface area (Å²) in [6.45, 7) is 4.47. The van der Waals surface area contributed by atoms with Crippen molar-refractivity contribution in [2.45, 2.75) is 52.0 Å². The molecule has 2 aromatic rings. The Morgan fingerprint density at radius 2 is 2.10 bits per heavy atom. The summed E-state index contributed by atoms with van der Waals surface area (Å²) in [6, 6.07) is 7.25. The largest absolute Gasteiger partial charge is 0.271 e. The van der Waals surface area contributed by atoms with Crippen molar-refractivity contribution in [2.75, 3.05) is 0 Å². The van der Waals surface area contributed by atoms with E-state index in [0.717, 1.165) is 16.5 Å². The van der Waals surface area contributed by atoms with E-state index >= 15 is 0 Å². The molecule has 1 heterocycles. The number of nitrogens with one attached hydrogen (secondary N) is 1. The molecule has 21 heavy (non-hydrogen) atoms. The number of hydrogen-bond acceptors (Lipinski definition) is 3. The van der Waals surface area contributed by atoms with Gasteiger partial charge >= 0.3 is 0 Å². The van der Waals surface area contributed by atoms with Gasteiger partial charge in [0.25, 0.3) is 0 Å². The molecule has 1 aromatic carbocycles. The van der Waals surface area contributed by atoms with E-state index in [0.29, 0.717) is 5.92 Å². The van der Waals surface area contributed by atoms with Crippen LogP contribution in [0.1, 0.15) is 56.9 Å². The molecule has 0 saturated carbocycles. The zero-order valence-electron chi connectivity index (χ0n) is 12.9. The van der Waals surface area contributed by atoms with Crippen LogP contribution in [0.5, 0.6) is 0 Å². The number of rotatable bonds is 8. The van der Waals surface area contributed by atoms with Crippen LogP contribution in [-0.4, -0.2) is 0 Å². The maximum Gasteiger partial charge on any atom is 0.124 e. The highest BCUT2D eigenvalue weighted by Gasteiger charge is 2.18. The molecule has 0 fully saturated rings. The Morgan fingerprint density at radius 1 is 1.29 bits per heavy atom. The summed E-state index contributed by atoms with van der Waals surface area (Å²) < 4.78 is 14.3. The van der Waals surface area contributed by atoms with Crippen molar-refractivity contribution in [3.8, 4) is 0 Å². The summed E-state index contributed by atoms with van der Waals surface area (Å²) in [6.07, 6.45) is 5.98. The minimum Gasteiger partial charge on any atom is -0.271 e. The third-order valence-corrected chi connectivity index (χ3v) is 5.37. The summed E-state index contributed by atoms with van der Waals surface area (Å²) in [5.74, 6) is 6.28. The summed E-state index contributed by atoms with van der Waals surface area (Å²) in [5, 5.41) is 1.10. The minimum absolute atomic E-state index is 0.160. The van der Waals surface area contributed by atoms with E-state index in [-0.39, 0.29) is 11.9 Å². The van der Waals surface area contributed by atoms with Crippen LogP contribution in [0.3, 0.4) is 0 Å². The highest BCUT2D eigenvalue weighted by molar-refractivity contribution is 7.19. The van der Waals surface area contributed by atoms with Gasteiger partial charge in [0.1, 0.15) is 5.82 Å². The van der Waals surface area contributed by atoms with Crippen molar-refractivity contribution in [2.24, 2.45) is 11.8 Å². The fraction of sp³-hybridized carbons (Fsp3) is 0.529. The number of thiophene rings is 1. The van der Waals surface area contributed by atoms with Crippen LogP contribution in [0, 0.1) is 11.7 Å². The maximum atomic E-state index is 13.3. The van der Waals surface area contributed by atoms with Gasteiger partial charge in [0.15, 0.2) is 0 Å². The number of halogens is 1. The molecule has 0 saturated heterocycles. The van der Waals surface area contributed by atoms with E-state index in [9.17, 15) is 4.39 Å². The van der Waals surface area contributed by atoms with Crippen LogP contribution in [0.25, 0.3) is 10.1 Å². The third-order valence-electron chi connectivity index (χ3n) is 4.16. The topological polar surface area (TPSA) is 38.0 Å². The molecule has 2 nitrogen and oxygen atoms in total. The first kappa shape index (κ1) is 16.4. The Kier molecular flexibility index (Phi) is 6.15. The van der Waals surface area contributed by atoms with E-state index in [1.54, 1.807) is 17.4 Å². The molecule has 0 spiro atoms. The Bertz CT molecular complexity index is 567. The molecule has 0 radical (unpaired) electrons. The van der Waals surface area contributed by atoms with Gasteiger partial charge in [-0.15, -0.1) is 11.3 Å². The first-order valence-corrected chi connectivity index (χ1v) is 8.64. The van der Waals surface area contributed by atoms with E-state index in [1.807, 2.05) is 6.07 Å². The van der Waals surface area contributed by atoms with E-state index in [2.05, 4.69) is 25.3 Å². The highest BCUT2D eigenvalue weighted by atomic mass is 32.1. The third kappa shape index (κ3) is 4.25. The van der Waals surface area contributed by atoms with Gasteiger partial charge in [-0.2, -0.15) is 0 Å². The number of unbranched alkanes of at least 4 members (excludes halogenated alkanes) is 1. The van der Waals surface area contributed by atoms with E-state index in [1.165, 1.54) is 36.6 Å². The van der Waals surface area contributed by atoms with Crippen LogP contribution in [0.4, 0.5) is 4.39 Å². The predicted molar refractivity (Wildman–Crippen MR) is 89.8 cm³/mol. The lowest BCUT2D eigenvalue weighted by Gasteiger charge is -2.21. The van der Waals surface area contributed by atoms with Crippen molar-refractivity contribution in [3.05, 3.63) is 35.0 Å². The lowest BCUT2D eigenvalue weighted by atomic mass is 9.91. The van der Waals surface area contributed by atoms with Gasteiger partial charge in [-0.1, -0.05) is 45.6 Å². The number of hydrogen-bond donors (Lipinski definition) is 2. The van der Waals surface area contributed by atoms with Gasteiger partial charge in [-0.3, -0.25) is 11.3 Å². The lowest BCUT2D eigenvalue weighted by Crippen LogP contribution is -2.29. The summed E-state index contributed by atoms with van der Waals surface area (Å²) in [5.41, 5.74) is 2.95. The van der Waals surface area contributed by atoms with E-state index in [4.69, 9.17) is 5.84 Å². The van der Waals surface area contributed by atoms with Gasteiger partial charge in [-0.25, -0.2) is 4.39 Å². The van der Waals surface area contributed by atoms with Crippen molar-refractivity contribution < 1.29 is 4.39 Å². The molecular weight excluding hydrogens is 283 g/mol. The SMILES string of the molecule is CCCCC(CC)CC(NN)c1cc2ccc(F)cc2s1. The molecule has 0 aliphatic carbocycles. The molecule has 116 valence electrons. The van der Waals surface area contributed by atoms with Gasteiger partial charge < -0.3 is 0 Å². The molecular formula is C17H25FN2S. The van der Waals surface area contributed by atoms with Crippen LogP contribution in [-0.2, 0) is 0 Å². The van der Waals surface area contributed by atoms with Gasteiger partial charge in [0.05, 0.1) is 6.04 Å². The second kappa shape index (κ2) is 7.87. The molecule has 0 aliphatic heterocycles. The summed E-state index contributed by atoms with van der Waals surface area (Å²) in [7, 11) is 0. The predicted octanol–water partition coefficient (Wildman–Crippen LogP) is 5.15. The molecule has 1 aromatic heterocycles. The summed E-state index contributed by atoms with van der Waals surface area (Å²) in [4.78, 5) is 1.20. The van der Waals surface area contributed by atoms with E-state index < -0.39 is 0 Å². The standard InChI is InChI=1S/C17H25FN2S/c1-3-5-6-12(4-2)9-15(20-19)17-10-13-7-8-14(18)11-16(13)21-17/h7-8,10-12,15,20H,3-6,9,19H2,1-2H3. The van der Waals surface area contributed by atoms with Crippen molar-refractivity contribution in [1.29, 1.82) is 0 Å². The molecule has 2 atom stereocenters. The zero-order valence-corrected chi connectivity index (χ0v) is 13.7. The molecule has 2 unspecified atom stereocenters. The molecule has 3 N–H and O–H groups in total. The Balaban J connectivity index is 2.14. The average Bonchev–Trinajstić information content (AvgIpc) is 2.90. The number of hydrazine groups is 1. The molecule has 0 aliphatic rings. The van der Waals surface area contributed by atoms with Crippen LogP contribution in [0.15, 0.2) is 24.3 Å². The van der Waals surface area contributed by atoms with Gasteiger partial charge in [-0.05, 0) is 35.9 Å². The Morgan fingerprint density at radius 3 is 2.76 bits per heavy atom. The first-order valence-electron chi connectivity index (χ1n) is 7.83. The molecule has 0 bridgehead atoms. The van der Waals surface area contributed by atoms with Crippen LogP contribution >= 0.6 is 11.3 Å². The fourth-order valence-electron chi connectivity index (χ4n) is 2.78. The number of benzene rings is 1. The van der Waals surface area contributed by atoms with Crippen molar-refractivity contribution >= 4 is 21.4 Å². The lowest BCUT2D eigenvalue weighted by molar-refractivity contribution is 0.359. The Labute approximate surface area is 130 Å². The highest BCUT2D eigenvalue weighted by Crippen LogP contribution is 2.34. The van der Waals surface area contributed by atoms with Gasteiger partial charge in [0.2, 0.25) is 0 Å². The minimum atomic E-state index is -0.178. The van der Waals surface area contributed by atoms with Crippen molar-refractivity contribution in [3.63, 3.8) is 0 Å². The Hall–Kier alpha value is -0.970. The molecule has 0 amide bonds. The van der Waals surface area contributed by atoms with Crippen LogP contribution in [0.2, 0.25) is 0 Å². The monoisotopic (exact) mass is 308 g/mol. The summed E-state index contributed by atoms with van der Waals surface area (Å²) >= 11 is 1.64. The number of nitrogens with two attached hydrogens (primary N) is 1. The maximum absolute atomic E-state index is 13.3. The van der Waals surface area contributed by atoms with Crippen molar-refractivity contribution in [1.82, 2.24) is 5.43 Å². The van der Waals surface area contributed by atoms with Gasteiger partial charge in [0, 0.05) is 9.58 Å².